The van der Waals surface area contributed by atoms with Gasteiger partial charge in [0.05, 0.1) is 19.3 Å². The smallest absolute Gasteiger partial charge is 0.221 e. The molecule has 1 amide bonds. The first-order valence-corrected chi connectivity index (χ1v) is 12.8. The first-order chi connectivity index (χ1) is 17.7. The van der Waals surface area contributed by atoms with Crippen LogP contribution in [0.25, 0.3) is 0 Å². The molecule has 0 aliphatic carbocycles. The fourth-order valence-electron chi connectivity index (χ4n) is 4.72. The van der Waals surface area contributed by atoms with E-state index in [9.17, 15) is 4.79 Å². The average Bonchev–Trinajstić information content (AvgIpc) is 2.91. The molecule has 36 heavy (non-hydrogen) atoms. The zero-order valence-corrected chi connectivity index (χ0v) is 20.8. The fraction of sp³-hybridized carbons (Fsp3) is 0.323. The van der Waals surface area contributed by atoms with Crippen molar-refractivity contribution in [1.82, 2.24) is 4.90 Å². The van der Waals surface area contributed by atoms with Gasteiger partial charge in [-0.15, -0.1) is 0 Å². The van der Waals surface area contributed by atoms with E-state index in [0.717, 1.165) is 50.2 Å². The monoisotopic (exact) mass is 484 g/mol. The van der Waals surface area contributed by atoms with Gasteiger partial charge in [-0.25, -0.2) is 0 Å². The zero-order chi connectivity index (χ0) is 25.0. The highest BCUT2D eigenvalue weighted by Gasteiger charge is 2.22. The number of amides is 1. The summed E-state index contributed by atoms with van der Waals surface area (Å²) < 4.78 is 12.0. The molecule has 1 heterocycles. The number of rotatable bonds is 13. The number of carbonyl (C=O) groups is 1. The number of nitrogens with zero attached hydrogens (tertiary/aromatic N) is 1. The SMILES string of the molecule is NC(=O)Cc1cccc(OCCCN(CC2CCC=CO2)CC(c2ccccc2)c2ccccc2)c1. The minimum absolute atomic E-state index is 0.202. The number of carbonyl (C=O) groups excluding carboxylic acids is 1. The molecule has 0 saturated carbocycles. The normalized spacial score (nSPS) is 15.1. The second kappa shape index (κ2) is 13.5. The predicted octanol–water partition coefficient (Wildman–Crippen LogP) is 5.31. The third kappa shape index (κ3) is 7.99. The quantitative estimate of drug-likeness (QED) is 0.334. The van der Waals surface area contributed by atoms with E-state index in [-0.39, 0.29) is 24.3 Å². The molecular weight excluding hydrogens is 448 g/mol. The number of hydrogen-bond acceptors (Lipinski definition) is 4. The maximum atomic E-state index is 11.2. The molecule has 0 fully saturated rings. The molecule has 0 aromatic heterocycles. The third-order valence-corrected chi connectivity index (χ3v) is 6.49. The molecule has 0 spiro atoms. The summed E-state index contributed by atoms with van der Waals surface area (Å²) in [7, 11) is 0. The van der Waals surface area contributed by atoms with Crippen molar-refractivity contribution < 1.29 is 14.3 Å². The van der Waals surface area contributed by atoms with Gasteiger partial charge in [0.2, 0.25) is 5.91 Å². The van der Waals surface area contributed by atoms with E-state index in [0.29, 0.717) is 6.61 Å². The number of hydrogen-bond donors (Lipinski definition) is 1. The summed E-state index contributed by atoms with van der Waals surface area (Å²) in [5.41, 5.74) is 8.84. The van der Waals surface area contributed by atoms with E-state index in [1.165, 1.54) is 11.1 Å². The van der Waals surface area contributed by atoms with E-state index in [1.807, 2.05) is 30.5 Å². The van der Waals surface area contributed by atoms with Crippen LogP contribution < -0.4 is 10.5 Å². The molecular formula is C31H36N2O3. The fourth-order valence-corrected chi connectivity index (χ4v) is 4.72. The van der Waals surface area contributed by atoms with Gasteiger partial charge in [0, 0.05) is 25.6 Å². The lowest BCUT2D eigenvalue weighted by molar-refractivity contribution is -0.117. The van der Waals surface area contributed by atoms with Crippen LogP contribution in [-0.2, 0) is 16.0 Å². The Morgan fingerprint density at radius 1 is 1.00 bits per heavy atom. The van der Waals surface area contributed by atoms with Crippen molar-refractivity contribution in [2.24, 2.45) is 5.73 Å². The van der Waals surface area contributed by atoms with Crippen molar-refractivity contribution in [3.05, 3.63) is 114 Å². The molecule has 5 heteroatoms. The number of nitrogens with two attached hydrogens (primary N) is 1. The Morgan fingerprint density at radius 2 is 1.72 bits per heavy atom. The number of primary amides is 1. The summed E-state index contributed by atoms with van der Waals surface area (Å²) in [6, 6.07) is 29.1. The molecule has 5 nitrogen and oxygen atoms in total. The Balaban J connectivity index is 1.42. The summed E-state index contributed by atoms with van der Waals surface area (Å²) in [5, 5.41) is 0. The Morgan fingerprint density at radius 3 is 2.36 bits per heavy atom. The van der Waals surface area contributed by atoms with Crippen LogP contribution in [0.5, 0.6) is 5.75 Å². The summed E-state index contributed by atoms with van der Waals surface area (Å²) in [6.45, 7) is 3.30. The van der Waals surface area contributed by atoms with Gasteiger partial charge >= 0.3 is 0 Å². The molecule has 0 bridgehead atoms. The van der Waals surface area contributed by atoms with Gasteiger partial charge in [0.15, 0.2) is 0 Å². The van der Waals surface area contributed by atoms with Crippen LogP contribution in [0, 0.1) is 0 Å². The van der Waals surface area contributed by atoms with Crippen LogP contribution >= 0.6 is 0 Å². The van der Waals surface area contributed by atoms with Crippen LogP contribution in [0.15, 0.2) is 97.3 Å². The summed E-state index contributed by atoms with van der Waals surface area (Å²) >= 11 is 0. The van der Waals surface area contributed by atoms with Crippen LogP contribution in [0.2, 0.25) is 0 Å². The van der Waals surface area contributed by atoms with Crippen molar-refractivity contribution in [3.63, 3.8) is 0 Å². The molecule has 1 atom stereocenters. The highest BCUT2D eigenvalue weighted by Crippen LogP contribution is 2.26. The molecule has 188 valence electrons. The molecule has 3 aromatic carbocycles. The van der Waals surface area contributed by atoms with Gasteiger partial charge in [-0.2, -0.15) is 0 Å². The summed E-state index contributed by atoms with van der Waals surface area (Å²) in [6.07, 6.45) is 7.35. The lowest BCUT2D eigenvalue weighted by Crippen LogP contribution is -2.38. The highest BCUT2D eigenvalue weighted by molar-refractivity contribution is 5.76. The van der Waals surface area contributed by atoms with Gasteiger partial charge < -0.3 is 15.2 Å². The van der Waals surface area contributed by atoms with Crippen LogP contribution in [0.3, 0.4) is 0 Å². The molecule has 2 N–H and O–H groups in total. The molecule has 4 rings (SSSR count). The van der Waals surface area contributed by atoms with Gasteiger partial charge in [0.25, 0.3) is 0 Å². The second-order valence-corrected chi connectivity index (χ2v) is 9.33. The third-order valence-electron chi connectivity index (χ3n) is 6.49. The lowest BCUT2D eigenvalue weighted by Gasteiger charge is -2.32. The Bertz CT molecular complexity index is 1060. The number of ether oxygens (including phenoxy) is 2. The summed E-state index contributed by atoms with van der Waals surface area (Å²) in [5.74, 6) is 0.708. The van der Waals surface area contributed by atoms with Crippen molar-refractivity contribution in [2.45, 2.75) is 37.7 Å². The van der Waals surface area contributed by atoms with Gasteiger partial charge in [-0.3, -0.25) is 9.69 Å². The lowest BCUT2D eigenvalue weighted by atomic mass is 9.90. The maximum absolute atomic E-state index is 11.2. The Hall–Kier alpha value is -3.57. The molecule has 1 aliphatic heterocycles. The van der Waals surface area contributed by atoms with Gasteiger partial charge in [-0.05, 0) is 54.2 Å². The van der Waals surface area contributed by atoms with E-state index in [4.69, 9.17) is 15.2 Å². The average molecular weight is 485 g/mol. The molecule has 3 aromatic rings. The minimum Gasteiger partial charge on any atom is -0.497 e. The van der Waals surface area contributed by atoms with Gasteiger partial charge in [-0.1, -0.05) is 72.8 Å². The number of allylic oxidation sites excluding steroid dienone is 1. The van der Waals surface area contributed by atoms with Crippen molar-refractivity contribution in [3.8, 4) is 5.75 Å². The highest BCUT2D eigenvalue weighted by atomic mass is 16.5. The molecule has 0 saturated heterocycles. The Kier molecular flexibility index (Phi) is 9.57. The maximum Gasteiger partial charge on any atom is 0.221 e. The van der Waals surface area contributed by atoms with E-state index in [1.54, 1.807) is 0 Å². The predicted molar refractivity (Wildman–Crippen MR) is 144 cm³/mol. The number of benzene rings is 3. The topological polar surface area (TPSA) is 64.8 Å². The second-order valence-electron chi connectivity index (χ2n) is 9.33. The van der Waals surface area contributed by atoms with E-state index >= 15 is 0 Å². The largest absolute Gasteiger partial charge is 0.497 e. The molecule has 1 unspecified atom stereocenters. The first kappa shape index (κ1) is 25.5. The standard InChI is InChI=1S/C31H36N2O3/c32-31(34)22-25-11-9-17-28(21-25)35-20-10-18-33(23-29-16-7-8-19-36-29)24-30(26-12-3-1-4-13-26)27-14-5-2-6-15-27/h1-6,8-9,11-15,17,19,21,29-30H,7,10,16,18,20,22-24H2,(H2,32,34). The van der Waals surface area contributed by atoms with Crippen LogP contribution in [-0.4, -0.2) is 43.2 Å². The summed E-state index contributed by atoms with van der Waals surface area (Å²) in [4.78, 5) is 13.7. The zero-order valence-electron chi connectivity index (χ0n) is 20.8. The van der Waals surface area contributed by atoms with Crippen molar-refractivity contribution >= 4 is 5.91 Å². The van der Waals surface area contributed by atoms with Gasteiger partial charge in [0.1, 0.15) is 11.9 Å². The Labute approximate surface area is 214 Å². The van der Waals surface area contributed by atoms with E-state index < -0.39 is 0 Å². The van der Waals surface area contributed by atoms with E-state index in [2.05, 4.69) is 71.6 Å². The molecule has 0 radical (unpaired) electrons. The minimum atomic E-state index is -0.339. The van der Waals surface area contributed by atoms with Crippen LogP contribution in [0.4, 0.5) is 0 Å². The first-order valence-electron chi connectivity index (χ1n) is 12.8. The van der Waals surface area contributed by atoms with Crippen LogP contribution in [0.1, 0.15) is 41.9 Å². The van der Waals surface area contributed by atoms with Crippen molar-refractivity contribution in [1.29, 1.82) is 0 Å². The molecule has 1 aliphatic rings. The van der Waals surface area contributed by atoms with Crippen molar-refractivity contribution in [2.75, 3.05) is 26.2 Å².